The van der Waals surface area contributed by atoms with Crippen molar-refractivity contribution in [3.63, 3.8) is 0 Å². The van der Waals surface area contributed by atoms with Crippen LogP contribution in [0.5, 0.6) is 0 Å². The first-order valence-corrected chi connectivity index (χ1v) is 13.3. The molecule has 1 heterocycles. The molecule has 39 heavy (non-hydrogen) atoms. The molecule has 0 bridgehead atoms. The third-order valence-corrected chi connectivity index (χ3v) is 7.22. The molecule has 0 saturated carbocycles. The van der Waals surface area contributed by atoms with Gasteiger partial charge in [-0.2, -0.15) is 18.4 Å². The molecule has 1 aliphatic heterocycles. The number of nitrogens with one attached hydrogen (secondary N) is 1. The van der Waals surface area contributed by atoms with Crippen LogP contribution in [0, 0.1) is 11.3 Å². The Kier molecular flexibility index (Phi) is 10.7. The van der Waals surface area contributed by atoms with Gasteiger partial charge >= 0.3 is 18.1 Å². The number of piperazine rings is 1. The summed E-state index contributed by atoms with van der Waals surface area (Å²) in [7, 11) is -3.90. The van der Waals surface area contributed by atoms with Crippen LogP contribution in [-0.4, -0.2) is 74.4 Å². The first kappa shape index (κ1) is 31.4. The number of anilines is 2. The minimum absolute atomic E-state index is 0.00858. The van der Waals surface area contributed by atoms with Crippen molar-refractivity contribution in [2.45, 2.75) is 37.3 Å². The summed E-state index contributed by atoms with van der Waals surface area (Å²) in [5.74, 6) is -3.60. The average Bonchev–Trinajstić information content (AvgIpc) is 2.87. The molecular weight excluding hydrogens is 541 g/mol. The molecule has 14 heteroatoms. The van der Waals surface area contributed by atoms with Gasteiger partial charge in [0.1, 0.15) is 0 Å². The Morgan fingerprint density at radius 1 is 1.05 bits per heavy atom. The normalized spacial score (nSPS) is 14.2. The third kappa shape index (κ3) is 9.15. The molecule has 1 aliphatic rings. The fourth-order valence-electron chi connectivity index (χ4n) is 3.68. The highest BCUT2D eigenvalue weighted by Gasteiger charge is 2.38. The van der Waals surface area contributed by atoms with Gasteiger partial charge in [0.25, 0.3) is 10.0 Å². The standard InChI is InChI=1S/C23H28N4O4S.C2HF3O2/c1-17(2)18-4-7-20(8-5-18)32(30,31)25-21-16-19(23(28)29)6-9-22(21)27-14-12-26(13-15-27)11-3-10-24;3-2(4,5)1(6)7/h4-9,16-17,25H,3,11-15H2,1-2H3,(H,28,29);(H,6,7). The Balaban J connectivity index is 0.000000673. The molecule has 0 amide bonds. The molecule has 1 fully saturated rings. The van der Waals surface area contributed by atoms with Crippen molar-refractivity contribution in [2.24, 2.45) is 0 Å². The molecule has 3 rings (SSSR count). The van der Waals surface area contributed by atoms with Crippen LogP contribution >= 0.6 is 0 Å². The Morgan fingerprint density at radius 3 is 2.08 bits per heavy atom. The zero-order valence-corrected chi connectivity index (χ0v) is 22.1. The molecule has 0 unspecified atom stereocenters. The van der Waals surface area contributed by atoms with Crippen LogP contribution < -0.4 is 9.62 Å². The van der Waals surface area contributed by atoms with Gasteiger partial charge in [-0.1, -0.05) is 26.0 Å². The van der Waals surface area contributed by atoms with E-state index in [1.807, 2.05) is 18.7 Å². The van der Waals surface area contributed by atoms with E-state index in [0.717, 1.165) is 18.7 Å². The predicted octanol–water partition coefficient (Wildman–Crippen LogP) is 3.98. The molecular formula is C25H29F3N4O6S. The molecule has 1 saturated heterocycles. The summed E-state index contributed by atoms with van der Waals surface area (Å²) in [6.45, 7) is 7.55. The van der Waals surface area contributed by atoms with Gasteiger partial charge < -0.3 is 15.1 Å². The number of hydrogen-bond acceptors (Lipinski definition) is 7. The summed E-state index contributed by atoms with van der Waals surface area (Å²) >= 11 is 0. The number of benzene rings is 2. The number of hydrogen-bond donors (Lipinski definition) is 3. The monoisotopic (exact) mass is 570 g/mol. The lowest BCUT2D eigenvalue weighted by Crippen LogP contribution is -2.46. The number of rotatable bonds is 8. The minimum Gasteiger partial charge on any atom is -0.478 e. The number of nitriles is 1. The van der Waals surface area contributed by atoms with Crippen molar-refractivity contribution >= 4 is 33.3 Å². The maximum Gasteiger partial charge on any atom is 0.490 e. The van der Waals surface area contributed by atoms with E-state index in [0.29, 0.717) is 31.7 Å². The molecule has 2 aromatic rings. The minimum atomic E-state index is -5.08. The number of carboxylic acid groups (broad SMARTS) is 2. The zero-order valence-electron chi connectivity index (χ0n) is 21.3. The Morgan fingerprint density at radius 2 is 1.62 bits per heavy atom. The number of halogens is 3. The Bertz CT molecular complexity index is 1300. The number of nitrogens with zero attached hydrogens (tertiary/aromatic N) is 3. The SMILES string of the molecule is CC(C)c1ccc(S(=O)(=O)Nc2cc(C(=O)O)ccc2N2CCN(CCC#N)CC2)cc1.O=C(O)C(F)(F)F. The van der Waals surface area contributed by atoms with Gasteiger partial charge in [0.2, 0.25) is 0 Å². The van der Waals surface area contributed by atoms with Gasteiger partial charge in [-0.25, -0.2) is 18.0 Å². The third-order valence-electron chi connectivity index (χ3n) is 5.84. The van der Waals surface area contributed by atoms with Crippen molar-refractivity contribution in [2.75, 3.05) is 42.3 Å². The van der Waals surface area contributed by atoms with Gasteiger partial charge in [-0.3, -0.25) is 9.62 Å². The van der Waals surface area contributed by atoms with Crippen molar-refractivity contribution in [1.29, 1.82) is 5.26 Å². The van der Waals surface area contributed by atoms with Gasteiger partial charge in [0.05, 0.1) is 27.9 Å². The van der Waals surface area contributed by atoms with Gasteiger partial charge in [0.15, 0.2) is 0 Å². The van der Waals surface area contributed by atoms with E-state index >= 15 is 0 Å². The molecule has 3 N–H and O–H groups in total. The molecule has 0 aliphatic carbocycles. The summed E-state index contributed by atoms with van der Waals surface area (Å²) in [6.07, 6.45) is -4.62. The first-order valence-electron chi connectivity index (χ1n) is 11.8. The second-order valence-corrected chi connectivity index (χ2v) is 10.6. The van der Waals surface area contributed by atoms with E-state index in [4.69, 9.17) is 15.2 Å². The van der Waals surface area contributed by atoms with Crippen molar-refractivity contribution in [3.05, 3.63) is 53.6 Å². The summed E-state index contributed by atoms with van der Waals surface area (Å²) in [5, 5.41) is 25.3. The van der Waals surface area contributed by atoms with Crippen LogP contribution in [-0.2, 0) is 14.8 Å². The summed E-state index contributed by atoms with van der Waals surface area (Å²) in [4.78, 5) is 24.7. The largest absolute Gasteiger partial charge is 0.490 e. The fraction of sp³-hybridized carbons (Fsp3) is 0.400. The van der Waals surface area contributed by atoms with Gasteiger partial charge in [0, 0.05) is 39.1 Å². The number of carboxylic acids is 2. The van der Waals surface area contributed by atoms with E-state index < -0.39 is 28.1 Å². The van der Waals surface area contributed by atoms with Gasteiger partial charge in [-0.15, -0.1) is 0 Å². The average molecular weight is 571 g/mol. The van der Waals surface area contributed by atoms with E-state index in [9.17, 15) is 31.5 Å². The highest BCUT2D eigenvalue weighted by atomic mass is 32.2. The topological polar surface area (TPSA) is 151 Å². The molecule has 0 atom stereocenters. The summed E-state index contributed by atoms with van der Waals surface area (Å²) < 4.78 is 60.4. The predicted molar refractivity (Wildman–Crippen MR) is 137 cm³/mol. The number of aliphatic carboxylic acids is 1. The van der Waals surface area contributed by atoms with E-state index in [-0.39, 0.29) is 22.1 Å². The zero-order chi connectivity index (χ0) is 29.4. The molecule has 0 radical (unpaired) electrons. The Labute approximate surface area is 224 Å². The van der Waals surface area contributed by atoms with Crippen molar-refractivity contribution < 1.29 is 41.4 Å². The van der Waals surface area contributed by atoms with E-state index in [1.54, 1.807) is 30.3 Å². The lowest BCUT2D eigenvalue weighted by Gasteiger charge is -2.36. The molecule has 212 valence electrons. The van der Waals surface area contributed by atoms with E-state index in [2.05, 4.69) is 15.7 Å². The summed E-state index contributed by atoms with van der Waals surface area (Å²) in [5.41, 5.74) is 1.92. The smallest absolute Gasteiger partial charge is 0.478 e. The van der Waals surface area contributed by atoms with Gasteiger partial charge in [-0.05, 0) is 41.8 Å². The van der Waals surface area contributed by atoms with E-state index in [1.165, 1.54) is 12.1 Å². The maximum atomic E-state index is 13.1. The number of carbonyl (C=O) groups is 2. The second-order valence-electron chi connectivity index (χ2n) is 8.91. The highest BCUT2D eigenvalue weighted by molar-refractivity contribution is 7.92. The maximum absolute atomic E-state index is 13.1. The molecule has 2 aromatic carbocycles. The molecule has 0 spiro atoms. The number of alkyl halides is 3. The fourth-order valence-corrected chi connectivity index (χ4v) is 4.75. The highest BCUT2D eigenvalue weighted by Crippen LogP contribution is 2.31. The summed E-state index contributed by atoms with van der Waals surface area (Å²) in [6, 6.07) is 13.3. The second kappa shape index (κ2) is 13.3. The van der Waals surface area contributed by atoms with Crippen LogP contribution in [0.25, 0.3) is 0 Å². The Hall–Kier alpha value is -3.83. The van der Waals surface area contributed by atoms with Crippen LogP contribution in [0.2, 0.25) is 0 Å². The van der Waals surface area contributed by atoms with Crippen LogP contribution in [0.4, 0.5) is 24.5 Å². The first-order chi connectivity index (χ1) is 18.2. The van der Waals surface area contributed by atoms with Crippen LogP contribution in [0.15, 0.2) is 47.4 Å². The number of aromatic carboxylic acids is 1. The molecule has 10 nitrogen and oxygen atoms in total. The van der Waals surface area contributed by atoms with Crippen LogP contribution in [0.3, 0.4) is 0 Å². The lowest BCUT2D eigenvalue weighted by atomic mass is 10.0. The molecule has 0 aromatic heterocycles. The van der Waals surface area contributed by atoms with Crippen molar-refractivity contribution in [3.8, 4) is 6.07 Å². The van der Waals surface area contributed by atoms with Crippen molar-refractivity contribution in [1.82, 2.24) is 4.90 Å². The lowest BCUT2D eigenvalue weighted by molar-refractivity contribution is -0.192. The number of sulfonamides is 1. The quantitative estimate of drug-likeness (QED) is 0.428. The van der Waals surface area contributed by atoms with Crippen LogP contribution in [0.1, 0.15) is 42.1 Å².